The van der Waals surface area contributed by atoms with Crippen LogP contribution in [0.1, 0.15) is 23.5 Å². The van der Waals surface area contributed by atoms with Crippen LogP contribution in [-0.2, 0) is 11.0 Å². The van der Waals surface area contributed by atoms with E-state index in [1.165, 1.54) is 12.1 Å². The van der Waals surface area contributed by atoms with Gasteiger partial charge in [0.15, 0.2) is 0 Å². The third kappa shape index (κ3) is 3.47. The molecule has 2 aromatic rings. The van der Waals surface area contributed by atoms with Crippen LogP contribution >= 0.6 is 0 Å². The molecule has 1 amide bonds. The van der Waals surface area contributed by atoms with E-state index in [2.05, 4.69) is 5.32 Å². The highest BCUT2D eigenvalue weighted by molar-refractivity contribution is 5.95. The highest BCUT2D eigenvalue weighted by Gasteiger charge is 2.44. The van der Waals surface area contributed by atoms with Gasteiger partial charge in [0.2, 0.25) is 5.91 Å². The van der Waals surface area contributed by atoms with Gasteiger partial charge < -0.3 is 10.4 Å². The first-order valence-electron chi connectivity index (χ1n) is 7.11. The molecular weight excluding hydrogens is 307 g/mol. The minimum Gasteiger partial charge on any atom is -0.508 e. The third-order valence-corrected chi connectivity index (χ3v) is 3.91. The summed E-state index contributed by atoms with van der Waals surface area (Å²) in [5.74, 6) is -0.350. The summed E-state index contributed by atoms with van der Waals surface area (Å²) in [6, 6.07) is 11.2. The summed E-state index contributed by atoms with van der Waals surface area (Å²) >= 11 is 0. The average Bonchev–Trinajstić information content (AvgIpc) is 3.28. The highest BCUT2D eigenvalue weighted by Crippen LogP contribution is 2.48. The molecule has 0 bridgehead atoms. The fourth-order valence-corrected chi connectivity index (χ4v) is 2.58. The van der Waals surface area contributed by atoms with Gasteiger partial charge in [0.05, 0.1) is 5.56 Å². The van der Waals surface area contributed by atoms with Crippen molar-refractivity contribution in [3.8, 4) is 5.75 Å². The fourth-order valence-electron chi connectivity index (χ4n) is 2.58. The van der Waals surface area contributed by atoms with Crippen molar-refractivity contribution in [3.05, 3.63) is 59.7 Å². The molecule has 6 heteroatoms. The molecule has 1 saturated carbocycles. The Morgan fingerprint density at radius 2 is 1.83 bits per heavy atom. The molecule has 2 aromatic carbocycles. The number of phenolic OH excluding ortho intramolecular Hbond substituents is 1. The summed E-state index contributed by atoms with van der Waals surface area (Å²) in [7, 11) is 0. The maximum absolute atomic E-state index is 12.7. The van der Waals surface area contributed by atoms with Gasteiger partial charge in [-0.1, -0.05) is 18.2 Å². The van der Waals surface area contributed by atoms with E-state index in [-0.39, 0.29) is 29.2 Å². The van der Waals surface area contributed by atoms with E-state index in [1.54, 1.807) is 24.3 Å². The lowest BCUT2D eigenvalue weighted by Crippen LogP contribution is -2.15. The van der Waals surface area contributed by atoms with Crippen LogP contribution < -0.4 is 5.32 Å². The maximum atomic E-state index is 12.7. The van der Waals surface area contributed by atoms with Gasteiger partial charge >= 0.3 is 6.18 Å². The van der Waals surface area contributed by atoms with Gasteiger partial charge in [0.25, 0.3) is 0 Å². The van der Waals surface area contributed by atoms with Crippen molar-refractivity contribution in [3.63, 3.8) is 0 Å². The molecule has 0 saturated heterocycles. The Kier molecular flexibility index (Phi) is 3.75. The molecule has 0 spiro atoms. The number of rotatable bonds is 3. The van der Waals surface area contributed by atoms with Gasteiger partial charge in [0.1, 0.15) is 5.75 Å². The van der Waals surface area contributed by atoms with E-state index in [0.717, 1.165) is 17.7 Å². The van der Waals surface area contributed by atoms with Gasteiger partial charge in [-0.15, -0.1) is 0 Å². The first-order valence-corrected chi connectivity index (χ1v) is 7.11. The quantitative estimate of drug-likeness (QED) is 0.892. The summed E-state index contributed by atoms with van der Waals surface area (Å²) in [5.41, 5.74) is 0.286. The van der Waals surface area contributed by atoms with E-state index in [0.29, 0.717) is 6.42 Å². The number of carbonyl (C=O) groups excluding carboxylic acids is 1. The number of hydrogen-bond donors (Lipinski definition) is 2. The molecule has 2 unspecified atom stereocenters. The van der Waals surface area contributed by atoms with Gasteiger partial charge in [-0.3, -0.25) is 4.79 Å². The molecule has 0 radical (unpaired) electrons. The number of phenols is 1. The lowest BCUT2D eigenvalue weighted by atomic mass is 10.1. The fraction of sp³-hybridized carbons (Fsp3) is 0.235. The van der Waals surface area contributed by atoms with Crippen molar-refractivity contribution in [1.29, 1.82) is 0 Å². The Morgan fingerprint density at radius 3 is 2.48 bits per heavy atom. The van der Waals surface area contributed by atoms with Crippen molar-refractivity contribution < 1.29 is 23.1 Å². The monoisotopic (exact) mass is 321 g/mol. The number of amides is 1. The largest absolute Gasteiger partial charge is 0.508 e. The predicted octanol–water partition coefficient (Wildman–Crippen LogP) is 4.15. The van der Waals surface area contributed by atoms with Gasteiger partial charge in [0, 0.05) is 11.6 Å². The van der Waals surface area contributed by atoms with Crippen molar-refractivity contribution in [2.75, 3.05) is 5.32 Å². The lowest BCUT2D eigenvalue weighted by Gasteiger charge is -2.10. The molecule has 3 rings (SSSR count). The number of hydrogen-bond acceptors (Lipinski definition) is 2. The summed E-state index contributed by atoms with van der Waals surface area (Å²) in [6.07, 6.45) is -3.79. The van der Waals surface area contributed by atoms with Crippen molar-refractivity contribution >= 4 is 11.6 Å². The summed E-state index contributed by atoms with van der Waals surface area (Å²) in [6.45, 7) is 0. The van der Waals surface area contributed by atoms with Crippen LogP contribution in [0.25, 0.3) is 0 Å². The van der Waals surface area contributed by atoms with Crippen molar-refractivity contribution in [2.45, 2.75) is 18.5 Å². The standard InChI is InChI=1S/C17H14F3NO2/c18-17(19,20)11-2-1-3-12(8-11)21-16(23)15-9-14(15)10-4-6-13(22)7-5-10/h1-8,14-15,22H,9H2,(H,21,23). The summed E-state index contributed by atoms with van der Waals surface area (Å²) < 4.78 is 38.0. The van der Waals surface area contributed by atoms with Crippen LogP contribution in [0.15, 0.2) is 48.5 Å². The van der Waals surface area contributed by atoms with Crippen molar-refractivity contribution in [1.82, 2.24) is 0 Å². The molecule has 2 N–H and O–H groups in total. The number of alkyl halides is 3. The molecule has 1 aliphatic rings. The van der Waals surface area contributed by atoms with Crippen LogP contribution in [0.5, 0.6) is 5.75 Å². The van der Waals surface area contributed by atoms with Crippen molar-refractivity contribution in [2.24, 2.45) is 5.92 Å². The smallest absolute Gasteiger partial charge is 0.416 e. The zero-order valence-corrected chi connectivity index (χ0v) is 12.0. The van der Waals surface area contributed by atoms with Gasteiger partial charge in [-0.25, -0.2) is 0 Å². The molecule has 1 aliphatic carbocycles. The number of nitrogens with one attached hydrogen (secondary N) is 1. The first-order chi connectivity index (χ1) is 10.8. The van der Waals surface area contributed by atoms with E-state index >= 15 is 0 Å². The van der Waals surface area contributed by atoms with Crippen LogP contribution in [-0.4, -0.2) is 11.0 Å². The second-order valence-corrected chi connectivity index (χ2v) is 5.61. The third-order valence-electron chi connectivity index (χ3n) is 3.91. The molecule has 0 aliphatic heterocycles. The van der Waals surface area contributed by atoms with Gasteiger partial charge in [-0.2, -0.15) is 13.2 Å². The first kappa shape index (κ1) is 15.4. The Morgan fingerprint density at radius 1 is 1.13 bits per heavy atom. The average molecular weight is 321 g/mol. The number of carbonyl (C=O) groups is 1. The maximum Gasteiger partial charge on any atom is 0.416 e. The normalized spacial score (nSPS) is 20.1. The molecule has 2 atom stereocenters. The number of aromatic hydroxyl groups is 1. The Labute approximate surface area is 130 Å². The van der Waals surface area contributed by atoms with E-state index < -0.39 is 11.7 Å². The van der Waals surface area contributed by atoms with E-state index in [1.807, 2.05) is 0 Å². The number of anilines is 1. The molecule has 0 aromatic heterocycles. The van der Waals surface area contributed by atoms with Crippen LogP contribution in [0.3, 0.4) is 0 Å². The zero-order valence-electron chi connectivity index (χ0n) is 12.0. The number of halogens is 3. The topological polar surface area (TPSA) is 49.3 Å². The SMILES string of the molecule is O=C(Nc1cccc(C(F)(F)F)c1)C1CC1c1ccc(O)cc1. The molecular formula is C17H14F3NO2. The Hall–Kier alpha value is -2.50. The second kappa shape index (κ2) is 5.61. The molecule has 23 heavy (non-hydrogen) atoms. The number of benzene rings is 2. The molecule has 3 nitrogen and oxygen atoms in total. The Bertz CT molecular complexity index is 725. The van der Waals surface area contributed by atoms with Gasteiger partial charge in [-0.05, 0) is 48.2 Å². The lowest BCUT2D eigenvalue weighted by molar-refractivity contribution is -0.137. The Balaban J connectivity index is 1.66. The predicted molar refractivity (Wildman–Crippen MR) is 79.0 cm³/mol. The second-order valence-electron chi connectivity index (χ2n) is 5.61. The van der Waals surface area contributed by atoms with Crippen LogP contribution in [0.2, 0.25) is 0 Å². The highest BCUT2D eigenvalue weighted by atomic mass is 19.4. The molecule has 0 heterocycles. The van der Waals surface area contributed by atoms with E-state index in [9.17, 15) is 23.1 Å². The zero-order chi connectivity index (χ0) is 16.6. The minimum atomic E-state index is -4.44. The minimum absolute atomic E-state index is 0.0430. The van der Waals surface area contributed by atoms with Crippen LogP contribution in [0, 0.1) is 5.92 Å². The molecule has 120 valence electrons. The summed E-state index contributed by atoms with van der Waals surface area (Å²) in [4.78, 5) is 12.1. The molecule has 1 fully saturated rings. The summed E-state index contributed by atoms with van der Waals surface area (Å²) in [5, 5.41) is 11.8. The van der Waals surface area contributed by atoms with Crippen LogP contribution in [0.4, 0.5) is 18.9 Å². The van der Waals surface area contributed by atoms with E-state index in [4.69, 9.17) is 0 Å².